The lowest BCUT2D eigenvalue weighted by molar-refractivity contribution is -0.142. The highest BCUT2D eigenvalue weighted by molar-refractivity contribution is 6.30. The summed E-state index contributed by atoms with van der Waals surface area (Å²) in [6, 6.07) is 7.06. The number of hydrogen-bond donors (Lipinski definition) is 1. The maximum absolute atomic E-state index is 11.1. The largest absolute Gasteiger partial charge is 0.480 e. The van der Waals surface area contributed by atoms with Gasteiger partial charge in [-0.3, -0.25) is 9.69 Å². The maximum atomic E-state index is 11.1. The number of likely N-dealkylation sites (N-methyl/N-ethyl adjacent to an activating group) is 1. The second-order valence-electron chi connectivity index (χ2n) is 4.26. The van der Waals surface area contributed by atoms with Crippen LogP contribution < -0.4 is 4.90 Å². The zero-order valence-corrected chi connectivity index (χ0v) is 10.4. The predicted molar refractivity (Wildman–Crippen MR) is 67.7 cm³/mol. The second-order valence-corrected chi connectivity index (χ2v) is 4.70. The number of piperazine rings is 1. The number of halogens is 1. The maximum Gasteiger partial charge on any atom is 0.322 e. The molecule has 1 fully saturated rings. The highest BCUT2D eigenvalue weighted by Gasteiger charge is 2.29. The second kappa shape index (κ2) is 4.94. The molecule has 1 aliphatic rings. The lowest BCUT2D eigenvalue weighted by atomic mass is 10.1. The van der Waals surface area contributed by atoms with E-state index in [0.717, 1.165) is 18.8 Å². The number of hydrogen-bond acceptors (Lipinski definition) is 3. The van der Waals surface area contributed by atoms with E-state index in [2.05, 4.69) is 4.90 Å². The van der Waals surface area contributed by atoms with Gasteiger partial charge in [0.2, 0.25) is 0 Å². The summed E-state index contributed by atoms with van der Waals surface area (Å²) in [6.07, 6.45) is 0. The molecule has 2 rings (SSSR count). The van der Waals surface area contributed by atoms with E-state index in [1.54, 1.807) is 0 Å². The van der Waals surface area contributed by atoms with Gasteiger partial charge in [0.1, 0.15) is 6.04 Å². The molecule has 0 saturated carbocycles. The quantitative estimate of drug-likeness (QED) is 0.870. The molecule has 0 spiro atoms. The Morgan fingerprint density at radius 2 is 2.24 bits per heavy atom. The van der Waals surface area contributed by atoms with Crippen molar-refractivity contribution in [2.24, 2.45) is 0 Å². The van der Waals surface area contributed by atoms with Crippen LogP contribution in [0.4, 0.5) is 5.69 Å². The summed E-state index contributed by atoms with van der Waals surface area (Å²) in [5.41, 5.74) is 0.983. The van der Waals surface area contributed by atoms with Crippen molar-refractivity contribution >= 4 is 23.3 Å². The van der Waals surface area contributed by atoms with E-state index in [0.29, 0.717) is 11.6 Å². The van der Waals surface area contributed by atoms with Crippen molar-refractivity contribution in [1.82, 2.24) is 4.90 Å². The first-order valence-corrected chi connectivity index (χ1v) is 5.89. The number of rotatable bonds is 2. The van der Waals surface area contributed by atoms with Gasteiger partial charge < -0.3 is 10.0 Å². The molecule has 5 heteroatoms. The summed E-state index contributed by atoms with van der Waals surface area (Å²) in [6.45, 7) is 2.05. The van der Waals surface area contributed by atoms with Crippen LogP contribution in [0.2, 0.25) is 5.02 Å². The van der Waals surface area contributed by atoms with Gasteiger partial charge in [-0.05, 0) is 25.2 Å². The van der Waals surface area contributed by atoms with Crippen molar-refractivity contribution in [3.8, 4) is 0 Å². The Labute approximate surface area is 105 Å². The van der Waals surface area contributed by atoms with Gasteiger partial charge in [0, 0.05) is 30.3 Å². The average Bonchev–Trinajstić information content (AvgIpc) is 2.29. The molecule has 0 bridgehead atoms. The van der Waals surface area contributed by atoms with Crippen LogP contribution in [0, 0.1) is 0 Å². The van der Waals surface area contributed by atoms with E-state index in [4.69, 9.17) is 16.7 Å². The predicted octanol–water partition coefficient (Wildman–Crippen LogP) is 1.54. The van der Waals surface area contributed by atoms with Gasteiger partial charge in [0.15, 0.2) is 0 Å². The SMILES string of the molecule is CN1CCN(c2cccc(Cl)c2)CC1C(=O)O. The van der Waals surface area contributed by atoms with E-state index in [9.17, 15) is 4.79 Å². The number of carboxylic acid groups (broad SMARTS) is 1. The fraction of sp³-hybridized carbons (Fsp3) is 0.417. The molecule has 1 N–H and O–H groups in total. The van der Waals surface area contributed by atoms with Crippen LogP contribution in [0.3, 0.4) is 0 Å². The monoisotopic (exact) mass is 254 g/mol. The van der Waals surface area contributed by atoms with Crippen LogP contribution in [0.15, 0.2) is 24.3 Å². The molecular weight excluding hydrogens is 240 g/mol. The molecule has 1 atom stereocenters. The molecule has 1 saturated heterocycles. The highest BCUT2D eigenvalue weighted by atomic mass is 35.5. The smallest absolute Gasteiger partial charge is 0.322 e. The summed E-state index contributed by atoms with van der Waals surface area (Å²) in [4.78, 5) is 15.0. The van der Waals surface area contributed by atoms with Crippen molar-refractivity contribution in [3.63, 3.8) is 0 Å². The van der Waals surface area contributed by atoms with Crippen molar-refractivity contribution in [1.29, 1.82) is 0 Å². The van der Waals surface area contributed by atoms with Crippen LogP contribution in [-0.2, 0) is 4.79 Å². The minimum Gasteiger partial charge on any atom is -0.480 e. The van der Waals surface area contributed by atoms with Crippen molar-refractivity contribution in [2.45, 2.75) is 6.04 Å². The van der Waals surface area contributed by atoms with Crippen LogP contribution in [0.5, 0.6) is 0 Å². The van der Waals surface area contributed by atoms with Crippen molar-refractivity contribution in [2.75, 3.05) is 31.6 Å². The molecule has 1 unspecified atom stereocenters. The normalized spacial score (nSPS) is 21.5. The summed E-state index contributed by atoms with van der Waals surface area (Å²) in [5.74, 6) is -0.778. The minimum absolute atomic E-state index is 0.456. The van der Waals surface area contributed by atoms with Gasteiger partial charge >= 0.3 is 5.97 Å². The Bertz CT molecular complexity index is 425. The van der Waals surface area contributed by atoms with E-state index in [1.807, 2.05) is 36.2 Å². The first-order chi connectivity index (χ1) is 8.08. The van der Waals surface area contributed by atoms with Crippen molar-refractivity contribution < 1.29 is 9.90 Å². The van der Waals surface area contributed by atoms with Gasteiger partial charge in [-0.15, -0.1) is 0 Å². The average molecular weight is 255 g/mol. The summed E-state index contributed by atoms with van der Waals surface area (Å²) >= 11 is 5.94. The molecule has 92 valence electrons. The van der Waals surface area contributed by atoms with Gasteiger partial charge in [-0.1, -0.05) is 17.7 Å². The third-order valence-electron chi connectivity index (χ3n) is 3.11. The van der Waals surface area contributed by atoms with Crippen LogP contribution in [0.25, 0.3) is 0 Å². The Kier molecular flexibility index (Phi) is 3.54. The van der Waals surface area contributed by atoms with Gasteiger partial charge in [0.25, 0.3) is 0 Å². The molecular formula is C12H15ClN2O2. The molecule has 0 aromatic heterocycles. The van der Waals surface area contributed by atoms with E-state index >= 15 is 0 Å². The molecule has 1 aromatic carbocycles. The Balaban J connectivity index is 2.16. The van der Waals surface area contributed by atoms with Crippen LogP contribution in [0.1, 0.15) is 0 Å². The third kappa shape index (κ3) is 2.70. The van der Waals surface area contributed by atoms with Crippen LogP contribution >= 0.6 is 11.6 Å². The highest BCUT2D eigenvalue weighted by Crippen LogP contribution is 2.22. The van der Waals surface area contributed by atoms with Crippen molar-refractivity contribution in [3.05, 3.63) is 29.3 Å². The number of aliphatic carboxylic acids is 1. The molecule has 0 aliphatic carbocycles. The lowest BCUT2D eigenvalue weighted by Crippen LogP contribution is -2.54. The Hall–Kier alpha value is -1.26. The number of carbonyl (C=O) groups is 1. The van der Waals surface area contributed by atoms with Gasteiger partial charge in [0.05, 0.1) is 0 Å². The topological polar surface area (TPSA) is 43.8 Å². The molecule has 1 heterocycles. The first-order valence-electron chi connectivity index (χ1n) is 5.51. The van der Waals surface area contributed by atoms with Gasteiger partial charge in [-0.2, -0.15) is 0 Å². The summed E-state index contributed by atoms with van der Waals surface area (Å²) < 4.78 is 0. The molecule has 0 amide bonds. The lowest BCUT2D eigenvalue weighted by Gasteiger charge is -2.38. The zero-order chi connectivity index (χ0) is 12.4. The number of benzene rings is 1. The van der Waals surface area contributed by atoms with Crippen LogP contribution in [-0.4, -0.2) is 48.7 Å². The van der Waals surface area contributed by atoms with E-state index in [-0.39, 0.29) is 0 Å². The fourth-order valence-electron chi connectivity index (χ4n) is 2.05. The molecule has 1 aromatic rings. The molecule has 1 aliphatic heterocycles. The third-order valence-corrected chi connectivity index (χ3v) is 3.34. The standard InChI is InChI=1S/C12H15ClN2O2/c1-14-5-6-15(8-11(14)12(16)17)10-4-2-3-9(13)7-10/h2-4,7,11H,5-6,8H2,1H3,(H,16,17). The summed E-state index contributed by atoms with van der Waals surface area (Å²) in [7, 11) is 1.84. The van der Waals surface area contributed by atoms with Gasteiger partial charge in [-0.25, -0.2) is 0 Å². The first kappa shape index (κ1) is 12.2. The molecule has 4 nitrogen and oxygen atoms in total. The zero-order valence-electron chi connectivity index (χ0n) is 9.64. The fourth-order valence-corrected chi connectivity index (χ4v) is 2.23. The molecule has 0 radical (unpaired) electrons. The number of carboxylic acids is 1. The Morgan fingerprint density at radius 3 is 2.88 bits per heavy atom. The number of nitrogens with zero attached hydrogens (tertiary/aromatic N) is 2. The van der Waals surface area contributed by atoms with E-state index < -0.39 is 12.0 Å². The Morgan fingerprint density at radius 1 is 1.47 bits per heavy atom. The molecule has 17 heavy (non-hydrogen) atoms. The number of anilines is 1. The summed E-state index contributed by atoms with van der Waals surface area (Å²) in [5, 5.41) is 9.81. The minimum atomic E-state index is -0.778. The van der Waals surface area contributed by atoms with E-state index in [1.165, 1.54) is 0 Å².